The van der Waals surface area contributed by atoms with Crippen molar-refractivity contribution in [3.05, 3.63) is 72.2 Å². The second-order valence-corrected chi connectivity index (χ2v) is 9.40. The Hall–Kier alpha value is -3.19. The first kappa shape index (κ1) is 23.0. The van der Waals surface area contributed by atoms with E-state index in [4.69, 9.17) is 9.84 Å². The van der Waals surface area contributed by atoms with Crippen LogP contribution in [-0.2, 0) is 11.3 Å². The lowest BCUT2D eigenvalue weighted by Crippen LogP contribution is -2.46. The van der Waals surface area contributed by atoms with Crippen LogP contribution in [0.25, 0.3) is 16.9 Å². The molecule has 0 atom stereocenters. The van der Waals surface area contributed by atoms with Crippen LogP contribution in [0.2, 0.25) is 0 Å². The SMILES string of the molecule is CC(C)(C)OC(=O)N1CCC(NCc2cc(-c3ccccc3)n(-c3ccc(F)cc3)n2)CC1. The number of rotatable bonds is 5. The molecule has 0 unspecified atom stereocenters. The van der Waals surface area contributed by atoms with Crippen LogP contribution in [-0.4, -0.2) is 45.5 Å². The van der Waals surface area contributed by atoms with Gasteiger partial charge in [-0.3, -0.25) is 0 Å². The molecular formula is C26H31FN4O2. The normalized spacial score (nSPS) is 15.0. The Labute approximate surface area is 194 Å². The average molecular weight is 451 g/mol. The summed E-state index contributed by atoms with van der Waals surface area (Å²) < 4.78 is 20.8. The summed E-state index contributed by atoms with van der Waals surface area (Å²) in [7, 11) is 0. The summed E-state index contributed by atoms with van der Waals surface area (Å²) in [5.41, 5.74) is 3.25. The van der Waals surface area contributed by atoms with Gasteiger partial charge in [0, 0.05) is 31.2 Å². The zero-order valence-corrected chi connectivity index (χ0v) is 19.4. The number of carbonyl (C=O) groups excluding carboxylic acids is 1. The number of piperidine rings is 1. The first-order valence-electron chi connectivity index (χ1n) is 11.4. The molecule has 1 aromatic heterocycles. The number of ether oxygens (including phenoxy) is 1. The van der Waals surface area contributed by atoms with Gasteiger partial charge >= 0.3 is 6.09 Å². The molecule has 0 aliphatic carbocycles. The third kappa shape index (κ3) is 5.99. The number of hydrogen-bond donors (Lipinski definition) is 1. The predicted octanol–water partition coefficient (Wildman–Crippen LogP) is 5.17. The van der Waals surface area contributed by atoms with Gasteiger partial charge in [-0.2, -0.15) is 5.10 Å². The lowest BCUT2D eigenvalue weighted by atomic mass is 10.1. The van der Waals surface area contributed by atoms with Crippen molar-refractivity contribution in [2.24, 2.45) is 0 Å². The van der Waals surface area contributed by atoms with Crippen molar-refractivity contribution >= 4 is 6.09 Å². The molecular weight excluding hydrogens is 419 g/mol. The summed E-state index contributed by atoms with van der Waals surface area (Å²) in [5.74, 6) is -0.271. The molecule has 0 saturated carbocycles. The first-order chi connectivity index (χ1) is 15.8. The van der Waals surface area contributed by atoms with Gasteiger partial charge in [0.05, 0.1) is 17.1 Å². The second kappa shape index (κ2) is 9.75. The molecule has 0 radical (unpaired) electrons. The Morgan fingerprint density at radius 3 is 2.39 bits per heavy atom. The van der Waals surface area contributed by atoms with Crippen molar-refractivity contribution in [1.82, 2.24) is 20.0 Å². The Bertz CT molecular complexity index is 1070. The molecule has 1 amide bonds. The van der Waals surface area contributed by atoms with Gasteiger partial charge < -0.3 is 15.0 Å². The number of halogens is 1. The molecule has 2 heterocycles. The van der Waals surface area contributed by atoms with Gasteiger partial charge in [0.15, 0.2) is 0 Å². The third-order valence-corrected chi connectivity index (χ3v) is 5.62. The Morgan fingerprint density at radius 2 is 1.76 bits per heavy atom. The zero-order chi connectivity index (χ0) is 23.4. The molecule has 3 aromatic rings. The number of hydrogen-bond acceptors (Lipinski definition) is 4. The molecule has 174 valence electrons. The van der Waals surface area contributed by atoms with Gasteiger partial charge in [0.2, 0.25) is 0 Å². The van der Waals surface area contributed by atoms with Crippen molar-refractivity contribution in [2.75, 3.05) is 13.1 Å². The van der Waals surface area contributed by atoms with E-state index in [1.165, 1.54) is 12.1 Å². The van der Waals surface area contributed by atoms with E-state index in [1.54, 1.807) is 17.0 Å². The molecule has 0 spiro atoms. The maximum atomic E-state index is 13.4. The summed E-state index contributed by atoms with van der Waals surface area (Å²) in [6.07, 6.45) is 1.49. The molecule has 4 rings (SSSR count). The van der Waals surface area contributed by atoms with Gasteiger partial charge in [-0.15, -0.1) is 0 Å². The molecule has 6 nitrogen and oxygen atoms in total. The third-order valence-electron chi connectivity index (χ3n) is 5.62. The van der Waals surface area contributed by atoms with Crippen LogP contribution in [0.1, 0.15) is 39.3 Å². The Kier molecular flexibility index (Phi) is 6.79. The minimum Gasteiger partial charge on any atom is -0.444 e. The van der Waals surface area contributed by atoms with E-state index in [-0.39, 0.29) is 11.9 Å². The molecule has 33 heavy (non-hydrogen) atoms. The van der Waals surface area contributed by atoms with Crippen molar-refractivity contribution in [3.63, 3.8) is 0 Å². The Morgan fingerprint density at radius 1 is 1.09 bits per heavy atom. The highest BCUT2D eigenvalue weighted by molar-refractivity contribution is 5.68. The van der Waals surface area contributed by atoms with Crippen LogP contribution in [0.4, 0.5) is 9.18 Å². The lowest BCUT2D eigenvalue weighted by Gasteiger charge is -2.33. The molecule has 7 heteroatoms. The van der Waals surface area contributed by atoms with E-state index in [0.29, 0.717) is 25.7 Å². The fourth-order valence-electron chi connectivity index (χ4n) is 3.95. The minimum atomic E-state index is -0.480. The second-order valence-electron chi connectivity index (χ2n) is 9.40. The number of carbonyl (C=O) groups is 1. The van der Waals surface area contributed by atoms with E-state index < -0.39 is 5.60 Å². The van der Waals surface area contributed by atoms with Crippen LogP contribution in [0.5, 0.6) is 0 Å². The van der Waals surface area contributed by atoms with Crippen LogP contribution in [0.15, 0.2) is 60.7 Å². The van der Waals surface area contributed by atoms with Gasteiger partial charge in [-0.05, 0) is 63.9 Å². The van der Waals surface area contributed by atoms with Crippen molar-refractivity contribution in [3.8, 4) is 16.9 Å². The monoisotopic (exact) mass is 450 g/mol. The standard InChI is InChI=1S/C26H31FN4O2/c1-26(2,3)33-25(32)30-15-13-21(14-16-30)28-18-22-17-24(19-7-5-4-6-8-19)31(29-22)23-11-9-20(27)10-12-23/h4-12,17,21,28H,13-16,18H2,1-3H3. The molecule has 1 N–H and O–H groups in total. The number of likely N-dealkylation sites (tertiary alicyclic amines) is 1. The highest BCUT2D eigenvalue weighted by atomic mass is 19.1. The maximum Gasteiger partial charge on any atom is 0.410 e. The van der Waals surface area contributed by atoms with E-state index in [1.807, 2.05) is 55.8 Å². The Balaban J connectivity index is 1.42. The quantitative estimate of drug-likeness (QED) is 0.583. The summed E-state index contributed by atoms with van der Waals surface area (Å²) in [4.78, 5) is 14.1. The zero-order valence-electron chi connectivity index (χ0n) is 19.4. The fraction of sp³-hybridized carbons (Fsp3) is 0.385. The first-order valence-corrected chi connectivity index (χ1v) is 11.4. The number of benzene rings is 2. The van der Waals surface area contributed by atoms with Gasteiger partial charge in [-0.1, -0.05) is 30.3 Å². The summed E-state index contributed by atoms with van der Waals surface area (Å²) >= 11 is 0. The smallest absolute Gasteiger partial charge is 0.410 e. The van der Waals surface area contributed by atoms with Crippen LogP contribution in [0, 0.1) is 5.82 Å². The summed E-state index contributed by atoms with van der Waals surface area (Å²) in [5, 5.41) is 8.39. The largest absolute Gasteiger partial charge is 0.444 e. The number of aromatic nitrogens is 2. The summed E-state index contributed by atoms with van der Waals surface area (Å²) in [6, 6.07) is 18.8. The predicted molar refractivity (Wildman–Crippen MR) is 127 cm³/mol. The topological polar surface area (TPSA) is 59.4 Å². The maximum absolute atomic E-state index is 13.4. The number of nitrogens with one attached hydrogen (secondary N) is 1. The van der Waals surface area contributed by atoms with Gasteiger partial charge in [0.1, 0.15) is 11.4 Å². The minimum absolute atomic E-state index is 0.244. The number of amides is 1. The molecule has 1 fully saturated rings. The van der Waals surface area contributed by atoms with E-state index in [2.05, 4.69) is 11.4 Å². The molecule has 0 bridgehead atoms. The average Bonchev–Trinajstić information content (AvgIpc) is 3.22. The van der Waals surface area contributed by atoms with Gasteiger partial charge in [-0.25, -0.2) is 13.9 Å². The van der Waals surface area contributed by atoms with Crippen molar-refractivity contribution in [2.45, 2.75) is 51.8 Å². The fourth-order valence-corrected chi connectivity index (χ4v) is 3.95. The molecule has 2 aromatic carbocycles. The lowest BCUT2D eigenvalue weighted by molar-refractivity contribution is 0.0198. The van der Waals surface area contributed by atoms with Crippen molar-refractivity contribution in [1.29, 1.82) is 0 Å². The van der Waals surface area contributed by atoms with Crippen LogP contribution in [0.3, 0.4) is 0 Å². The van der Waals surface area contributed by atoms with Crippen LogP contribution < -0.4 is 5.32 Å². The summed E-state index contributed by atoms with van der Waals surface area (Å²) in [6.45, 7) is 7.61. The van der Waals surface area contributed by atoms with E-state index in [0.717, 1.165) is 35.5 Å². The highest BCUT2D eigenvalue weighted by Gasteiger charge is 2.26. The highest BCUT2D eigenvalue weighted by Crippen LogP contribution is 2.24. The number of nitrogens with zero attached hydrogens (tertiary/aromatic N) is 3. The van der Waals surface area contributed by atoms with Crippen LogP contribution >= 0.6 is 0 Å². The van der Waals surface area contributed by atoms with E-state index >= 15 is 0 Å². The van der Waals surface area contributed by atoms with Crippen molar-refractivity contribution < 1.29 is 13.9 Å². The molecule has 1 aliphatic heterocycles. The van der Waals surface area contributed by atoms with Gasteiger partial charge in [0.25, 0.3) is 0 Å². The molecule has 1 saturated heterocycles. The van der Waals surface area contributed by atoms with E-state index in [9.17, 15) is 9.18 Å². The molecule has 1 aliphatic rings.